The monoisotopic (exact) mass is 1190 g/mol. The van der Waals surface area contributed by atoms with Gasteiger partial charge in [0.25, 0.3) is 0 Å². The second-order valence-corrected chi connectivity index (χ2v) is 59.1. The quantitative estimate of drug-likeness (QED) is 0.0210. The summed E-state index contributed by atoms with van der Waals surface area (Å²) >= 11 is 0. The standard InChI is InChI=1S/C56H90O9Si10/c1-22-25-27-29-31-33-35-36-37-38-39-40-41-42-43-45-47-49-51-57-56(24-3)74(21,64-72(19,63-71(17,18)60-68(8,9)10)52-50-48-46-44-34-32-30-28-26-23-2)65-73(20,61-69(11,12)13)53-54-75(59-67(6)7,58-55-66(4)5)62-70(14,15)16/h1,66-67H,3,23,26,28,30,32,34,44,46,48,50,52-55H2,2,4-21H3. The predicted octanol–water partition coefficient (Wildman–Crippen LogP) is 12.3. The lowest BCUT2D eigenvalue weighted by atomic mass is 10.1. The average Bonchev–Trinajstić information content (AvgIpc) is 3.25. The normalized spacial score (nSPS) is 14.1. The Balaban J connectivity index is 7.50. The predicted molar refractivity (Wildman–Crippen MR) is 338 cm³/mol. The highest BCUT2D eigenvalue weighted by Gasteiger charge is 2.56. The average molecular weight is 1190 g/mol. The molecular weight excluding hydrogens is 1100 g/mol. The molecule has 0 amide bonds. The van der Waals surface area contributed by atoms with Crippen molar-refractivity contribution in [1.82, 2.24) is 0 Å². The Kier molecular flexibility index (Phi) is 35.2. The minimum absolute atomic E-state index is 0.271. The molecule has 0 aliphatic heterocycles. The van der Waals surface area contributed by atoms with Crippen LogP contribution in [0.15, 0.2) is 17.7 Å². The Labute approximate surface area is 470 Å². The number of unbranched alkanes of at least 4 members (excludes halogenated alkanes) is 9. The molecule has 0 saturated carbocycles. The van der Waals surface area contributed by atoms with E-state index in [1.165, 1.54) is 44.9 Å². The van der Waals surface area contributed by atoms with Crippen LogP contribution in [0, 0.1) is 119 Å². The number of rotatable bonds is 33. The van der Waals surface area contributed by atoms with E-state index in [0.29, 0.717) is 18.3 Å². The lowest BCUT2D eigenvalue weighted by molar-refractivity contribution is 0.189. The van der Waals surface area contributed by atoms with Gasteiger partial charge in [-0.05, 0) is 164 Å². The van der Waals surface area contributed by atoms with Crippen molar-refractivity contribution in [3.8, 4) is 119 Å². The van der Waals surface area contributed by atoms with Gasteiger partial charge in [-0.1, -0.05) is 96.5 Å². The van der Waals surface area contributed by atoms with Crippen LogP contribution in [-0.4, -0.2) is 92.1 Å². The van der Waals surface area contributed by atoms with Gasteiger partial charge < -0.3 is 38.0 Å². The van der Waals surface area contributed by atoms with Gasteiger partial charge in [0.2, 0.25) is 0 Å². The minimum Gasteiger partial charge on any atom is -0.437 e. The molecule has 4 atom stereocenters. The molecule has 0 bridgehead atoms. The molecule has 0 heterocycles. The molecule has 0 aromatic heterocycles. The van der Waals surface area contributed by atoms with Crippen molar-refractivity contribution < 1.29 is 38.0 Å². The van der Waals surface area contributed by atoms with Crippen LogP contribution in [0.4, 0.5) is 0 Å². The highest BCUT2D eigenvalue weighted by atomic mass is 28.5. The maximum absolute atomic E-state index is 7.66. The molecule has 75 heavy (non-hydrogen) atoms. The zero-order valence-electron chi connectivity index (χ0n) is 49.5. The van der Waals surface area contributed by atoms with E-state index in [0.717, 1.165) is 25.3 Å². The first-order valence-corrected chi connectivity index (χ1v) is 54.7. The van der Waals surface area contributed by atoms with Crippen molar-refractivity contribution in [2.24, 2.45) is 0 Å². The molecule has 0 radical (unpaired) electrons. The molecule has 19 heteroatoms. The number of terminal acetylenes is 1. The fourth-order valence-corrected chi connectivity index (χ4v) is 49.7. The lowest BCUT2D eigenvalue weighted by Crippen LogP contribution is -2.63. The summed E-state index contributed by atoms with van der Waals surface area (Å²) in [6.07, 6.45) is 20.6. The zero-order chi connectivity index (χ0) is 57.1. The summed E-state index contributed by atoms with van der Waals surface area (Å²) in [5.74, 6) is 46.1. The van der Waals surface area contributed by atoms with Crippen molar-refractivity contribution in [3.05, 3.63) is 17.7 Å². The number of ether oxygens (including phenoxy) is 1. The molecule has 4 unspecified atom stereocenters. The molecule has 0 aliphatic carbocycles. The Bertz CT molecular complexity index is 2500. The Morgan fingerprint density at radius 2 is 0.853 bits per heavy atom. The van der Waals surface area contributed by atoms with Crippen LogP contribution in [0.2, 0.25) is 136 Å². The van der Waals surface area contributed by atoms with E-state index in [1.807, 2.05) is 6.55 Å². The van der Waals surface area contributed by atoms with Crippen LogP contribution in [-0.2, 0) is 38.0 Å². The molecule has 0 rings (SSSR count). The van der Waals surface area contributed by atoms with Gasteiger partial charge in [-0.2, -0.15) is 0 Å². The highest BCUT2D eigenvalue weighted by Crippen LogP contribution is 2.37. The van der Waals surface area contributed by atoms with Crippen molar-refractivity contribution in [1.29, 1.82) is 0 Å². The van der Waals surface area contributed by atoms with Gasteiger partial charge in [0.05, 0.1) is 8.80 Å². The first-order chi connectivity index (χ1) is 34.9. The van der Waals surface area contributed by atoms with Gasteiger partial charge >= 0.3 is 43.0 Å². The summed E-state index contributed by atoms with van der Waals surface area (Å²) in [5.41, 5.74) is 3.08. The third-order valence-electron chi connectivity index (χ3n) is 9.59. The Hall–Kier alpha value is -3.23. The molecule has 0 aromatic carbocycles. The van der Waals surface area contributed by atoms with Crippen LogP contribution in [0.1, 0.15) is 71.1 Å². The van der Waals surface area contributed by atoms with Crippen LogP contribution >= 0.6 is 0 Å². The highest BCUT2D eigenvalue weighted by molar-refractivity contribution is 6.94. The third-order valence-corrected chi connectivity index (χ3v) is 42.1. The molecule has 408 valence electrons. The summed E-state index contributed by atoms with van der Waals surface area (Å²) in [5, 5.41) is 0.271. The molecule has 0 saturated heterocycles. The Morgan fingerprint density at radius 1 is 0.453 bits per heavy atom. The largest absolute Gasteiger partial charge is 0.479 e. The van der Waals surface area contributed by atoms with E-state index in [2.05, 4.69) is 243 Å². The van der Waals surface area contributed by atoms with Gasteiger partial charge in [0.1, 0.15) is 6.11 Å². The van der Waals surface area contributed by atoms with E-state index in [-0.39, 0.29) is 5.38 Å². The van der Waals surface area contributed by atoms with E-state index in [4.69, 9.17) is 44.4 Å². The zero-order valence-corrected chi connectivity index (χ0v) is 59.8. The number of hydrogen-bond donors (Lipinski definition) is 0. The lowest BCUT2D eigenvalue weighted by Gasteiger charge is -2.46. The molecular formula is C56H90O9Si10. The fraction of sp³-hybridized carbons (Fsp3) is 0.589. The molecule has 9 nitrogen and oxygen atoms in total. The van der Waals surface area contributed by atoms with Crippen molar-refractivity contribution >= 4 is 85.8 Å². The second kappa shape index (κ2) is 36.8. The van der Waals surface area contributed by atoms with Gasteiger partial charge in [-0.3, -0.25) is 0 Å². The third kappa shape index (κ3) is 38.9. The Morgan fingerprint density at radius 3 is 1.24 bits per heavy atom. The summed E-state index contributed by atoms with van der Waals surface area (Å²) in [6, 6.07) is 1.85. The van der Waals surface area contributed by atoms with Gasteiger partial charge in [0, 0.05) is 71.5 Å². The maximum atomic E-state index is 7.66. The van der Waals surface area contributed by atoms with E-state index < -0.39 is 85.8 Å². The smallest absolute Gasteiger partial charge is 0.437 e. The summed E-state index contributed by atoms with van der Waals surface area (Å²) in [7, 11) is -25.3. The second-order valence-electron chi connectivity index (χ2n) is 22.5. The first kappa shape index (κ1) is 71.8. The molecule has 0 aliphatic rings. The summed E-state index contributed by atoms with van der Waals surface area (Å²) in [4.78, 5) is 0. The van der Waals surface area contributed by atoms with Crippen LogP contribution in [0.5, 0.6) is 0 Å². The SMILES string of the molecule is C#CC#CC#CC#CC#CC#CC#CC#CC#CC#COC(=C=C)[Si](C)(O[Si](C)(CC[Si](OC[SiH](C)C)(O[SiH](C)C)O[Si](C)(C)C)O[Si](C)(C)C)O[Si](C)(CCCCCCCCCCCC)O[Si](C)(C)O[Si](C)(C)C. The molecule has 0 spiro atoms. The van der Waals surface area contributed by atoms with Gasteiger partial charge in [-0.25, -0.2) is 0 Å². The van der Waals surface area contributed by atoms with Crippen molar-refractivity contribution in [2.75, 3.05) is 6.23 Å². The van der Waals surface area contributed by atoms with Gasteiger partial charge in [-0.15, -0.1) is 6.42 Å². The van der Waals surface area contributed by atoms with Crippen LogP contribution in [0.25, 0.3) is 0 Å². The summed E-state index contributed by atoms with van der Waals surface area (Å²) in [6.45, 7) is 45.7. The van der Waals surface area contributed by atoms with Crippen LogP contribution < -0.4 is 0 Å². The van der Waals surface area contributed by atoms with E-state index in [1.54, 1.807) is 0 Å². The van der Waals surface area contributed by atoms with Crippen molar-refractivity contribution in [3.63, 3.8) is 0 Å². The number of hydrogen-bond acceptors (Lipinski definition) is 9. The van der Waals surface area contributed by atoms with Crippen molar-refractivity contribution in [2.45, 2.75) is 207 Å². The fourth-order valence-electron chi connectivity index (χ4n) is 7.71. The van der Waals surface area contributed by atoms with E-state index >= 15 is 0 Å². The van der Waals surface area contributed by atoms with Gasteiger partial charge in [0.15, 0.2) is 39.4 Å². The molecule has 0 fully saturated rings. The molecule has 0 aromatic rings. The minimum atomic E-state index is -3.76. The topological polar surface area (TPSA) is 83.1 Å². The maximum Gasteiger partial charge on any atom is 0.479 e. The summed E-state index contributed by atoms with van der Waals surface area (Å²) < 4.78 is 64.0. The molecule has 0 N–H and O–H groups in total. The first-order valence-electron chi connectivity index (χ1n) is 26.4. The van der Waals surface area contributed by atoms with E-state index in [9.17, 15) is 0 Å². The van der Waals surface area contributed by atoms with Crippen LogP contribution in [0.3, 0.4) is 0 Å².